The maximum absolute atomic E-state index is 11.9. The molecule has 3 nitrogen and oxygen atoms in total. The van der Waals surface area contributed by atoms with E-state index in [0.717, 1.165) is 24.2 Å². The molecule has 0 atom stereocenters. The Balaban J connectivity index is 2.10. The van der Waals surface area contributed by atoms with Crippen LogP contribution in [-0.4, -0.2) is 19.0 Å². The minimum Gasteiger partial charge on any atom is -0.322 e. The molecule has 1 fully saturated rings. The van der Waals surface area contributed by atoms with E-state index in [0.29, 0.717) is 15.7 Å². The summed E-state index contributed by atoms with van der Waals surface area (Å²) in [7, 11) is 0. The topological polar surface area (TPSA) is 41.1 Å². The van der Waals surface area contributed by atoms with Crippen molar-refractivity contribution in [3.63, 3.8) is 0 Å². The first kappa shape index (κ1) is 12.4. The van der Waals surface area contributed by atoms with Crippen LogP contribution in [0.3, 0.4) is 0 Å². The molecule has 5 heteroatoms. The molecular weight excluding hydrogens is 259 g/mol. The number of hydrogen-bond donors (Lipinski definition) is 2. The SMILES string of the molecule is CC(C(=O)Nc1ccc(Cl)c(Cl)c1)=C1CNC1. The van der Waals surface area contributed by atoms with E-state index in [1.165, 1.54) is 0 Å². The zero-order chi connectivity index (χ0) is 12.4. The fourth-order valence-corrected chi connectivity index (χ4v) is 1.77. The molecule has 1 aliphatic heterocycles. The van der Waals surface area contributed by atoms with Crippen LogP contribution in [0.15, 0.2) is 29.3 Å². The van der Waals surface area contributed by atoms with Crippen LogP contribution in [-0.2, 0) is 4.79 Å². The minimum atomic E-state index is -0.0973. The third-order valence-electron chi connectivity index (χ3n) is 2.73. The summed E-state index contributed by atoms with van der Waals surface area (Å²) in [5, 5.41) is 6.80. The smallest absolute Gasteiger partial charge is 0.251 e. The second-order valence-corrected chi connectivity index (χ2v) is 4.73. The molecule has 1 amide bonds. The summed E-state index contributed by atoms with van der Waals surface area (Å²) in [6, 6.07) is 5.02. The van der Waals surface area contributed by atoms with Gasteiger partial charge in [-0.05, 0) is 30.7 Å². The Morgan fingerprint density at radius 1 is 1.29 bits per heavy atom. The van der Waals surface area contributed by atoms with Gasteiger partial charge in [-0.3, -0.25) is 4.79 Å². The van der Waals surface area contributed by atoms with Crippen molar-refractivity contribution in [1.82, 2.24) is 5.32 Å². The summed E-state index contributed by atoms with van der Waals surface area (Å²) in [5.41, 5.74) is 2.55. The summed E-state index contributed by atoms with van der Waals surface area (Å²) in [6.45, 7) is 3.41. The zero-order valence-electron chi connectivity index (χ0n) is 9.31. The minimum absolute atomic E-state index is 0.0973. The fourth-order valence-electron chi connectivity index (χ4n) is 1.47. The number of carbonyl (C=O) groups is 1. The van der Waals surface area contributed by atoms with Gasteiger partial charge in [0.25, 0.3) is 5.91 Å². The summed E-state index contributed by atoms with van der Waals surface area (Å²) < 4.78 is 0. The Hall–Kier alpha value is -1.03. The summed E-state index contributed by atoms with van der Waals surface area (Å²) in [5.74, 6) is -0.0973. The Morgan fingerprint density at radius 3 is 2.53 bits per heavy atom. The fraction of sp³-hybridized carbons (Fsp3) is 0.250. The van der Waals surface area contributed by atoms with Crippen molar-refractivity contribution in [1.29, 1.82) is 0 Å². The van der Waals surface area contributed by atoms with Crippen LogP contribution < -0.4 is 10.6 Å². The molecule has 17 heavy (non-hydrogen) atoms. The van der Waals surface area contributed by atoms with E-state index in [-0.39, 0.29) is 5.91 Å². The van der Waals surface area contributed by atoms with Crippen LogP contribution in [0.2, 0.25) is 10.0 Å². The van der Waals surface area contributed by atoms with Crippen molar-refractivity contribution in [3.8, 4) is 0 Å². The molecule has 0 aliphatic carbocycles. The Morgan fingerprint density at radius 2 is 2.00 bits per heavy atom. The average Bonchev–Trinajstić information content (AvgIpc) is 2.21. The molecule has 90 valence electrons. The zero-order valence-corrected chi connectivity index (χ0v) is 10.8. The number of nitrogens with one attached hydrogen (secondary N) is 2. The van der Waals surface area contributed by atoms with Gasteiger partial charge >= 0.3 is 0 Å². The normalized spacial score (nSPS) is 14.2. The maximum atomic E-state index is 11.9. The monoisotopic (exact) mass is 270 g/mol. The predicted octanol–water partition coefficient (Wildman–Crippen LogP) is 2.85. The van der Waals surface area contributed by atoms with Gasteiger partial charge in [0.05, 0.1) is 10.0 Å². The first-order valence-corrected chi connectivity index (χ1v) is 5.99. The van der Waals surface area contributed by atoms with Gasteiger partial charge in [-0.15, -0.1) is 0 Å². The number of rotatable bonds is 2. The van der Waals surface area contributed by atoms with Crippen LogP contribution in [0.4, 0.5) is 5.69 Å². The van der Waals surface area contributed by atoms with Gasteiger partial charge < -0.3 is 10.6 Å². The van der Waals surface area contributed by atoms with Gasteiger partial charge in [0, 0.05) is 24.4 Å². The van der Waals surface area contributed by atoms with Crippen LogP contribution >= 0.6 is 23.2 Å². The van der Waals surface area contributed by atoms with Gasteiger partial charge in [0.1, 0.15) is 0 Å². The second kappa shape index (κ2) is 5.08. The molecule has 1 aromatic carbocycles. The highest BCUT2D eigenvalue weighted by atomic mass is 35.5. The van der Waals surface area contributed by atoms with Crippen LogP contribution in [0.25, 0.3) is 0 Å². The summed E-state index contributed by atoms with van der Waals surface area (Å²) in [6.07, 6.45) is 0. The van der Waals surface area contributed by atoms with Crippen molar-refractivity contribution in [2.24, 2.45) is 0 Å². The van der Waals surface area contributed by atoms with E-state index in [9.17, 15) is 4.79 Å². The number of amides is 1. The molecule has 0 radical (unpaired) electrons. The molecule has 1 aromatic rings. The van der Waals surface area contributed by atoms with Crippen molar-refractivity contribution >= 4 is 34.8 Å². The highest BCUT2D eigenvalue weighted by molar-refractivity contribution is 6.42. The first-order chi connectivity index (χ1) is 8.08. The predicted molar refractivity (Wildman–Crippen MR) is 70.7 cm³/mol. The highest BCUT2D eigenvalue weighted by Gasteiger charge is 2.16. The molecule has 0 saturated carbocycles. The number of carbonyl (C=O) groups excluding carboxylic acids is 1. The third kappa shape index (κ3) is 2.80. The molecule has 2 N–H and O–H groups in total. The summed E-state index contributed by atoms with van der Waals surface area (Å²) >= 11 is 11.7. The molecule has 2 rings (SSSR count). The molecule has 1 heterocycles. The van der Waals surface area contributed by atoms with E-state index in [2.05, 4.69) is 10.6 Å². The van der Waals surface area contributed by atoms with E-state index in [4.69, 9.17) is 23.2 Å². The van der Waals surface area contributed by atoms with E-state index in [1.807, 2.05) is 6.92 Å². The number of hydrogen-bond acceptors (Lipinski definition) is 2. The Labute approximate surface area is 110 Å². The lowest BCUT2D eigenvalue weighted by molar-refractivity contribution is -0.112. The van der Waals surface area contributed by atoms with Gasteiger partial charge in [-0.1, -0.05) is 23.2 Å². The van der Waals surface area contributed by atoms with Gasteiger partial charge in [-0.25, -0.2) is 0 Å². The maximum Gasteiger partial charge on any atom is 0.251 e. The lowest BCUT2D eigenvalue weighted by Gasteiger charge is -2.21. The van der Waals surface area contributed by atoms with E-state index < -0.39 is 0 Å². The lowest BCUT2D eigenvalue weighted by Crippen LogP contribution is -2.36. The van der Waals surface area contributed by atoms with Crippen molar-refractivity contribution in [3.05, 3.63) is 39.4 Å². The van der Waals surface area contributed by atoms with Gasteiger partial charge in [0.2, 0.25) is 0 Å². The average molecular weight is 271 g/mol. The molecular formula is C12H12Cl2N2O. The number of anilines is 1. The number of halogens is 2. The highest BCUT2D eigenvalue weighted by Crippen LogP contribution is 2.25. The van der Waals surface area contributed by atoms with Crippen molar-refractivity contribution in [2.45, 2.75) is 6.92 Å². The van der Waals surface area contributed by atoms with Gasteiger partial charge in [0.15, 0.2) is 0 Å². The largest absolute Gasteiger partial charge is 0.322 e. The van der Waals surface area contributed by atoms with Crippen LogP contribution in [0.5, 0.6) is 0 Å². The Bertz CT molecular complexity index is 491. The summed E-state index contributed by atoms with van der Waals surface area (Å²) in [4.78, 5) is 11.9. The first-order valence-electron chi connectivity index (χ1n) is 5.23. The third-order valence-corrected chi connectivity index (χ3v) is 3.46. The molecule has 1 aliphatic rings. The molecule has 0 spiro atoms. The molecule has 0 aromatic heterocycles. The molecule has 0 bridgehead atoms. The van der Waals surface area contributed by atoms with Crippen molar-refractivity contribution in [2.75, 3.05) is 18.4 Å². The number of benzene rings is 1. The van der Waals surface area contributed by atoms with E-state index in [1.54, 1.807) is 18.2 Å². The quantitative estimate of drug-likeness (QED) is 0.812. The van der Waals surface area contributed by atoms with Crippen LogP contribution in [0.1, 0.15) is 6.92 Å². The Kier molecular flexibility index (Phi) is 3.72. The van der Waals surface area contributed by atoms with Crippen LogP contribution in [0, 0.1) is 0 Å². The van der Waals surface area contributed by atoms with Gasteiger partial charge in [-0.2, -0.15) is 0 Å². The van der Waals surface area contributed by atoms with Crippen molar-refractivity contribution < 1.29 is 4.79 Å². The molecule has 1 saturated heterocycles. The second-order valence-electron chi connectivity index (χ2n) is 3.92. The van der Waals surface area contributed by atoms with E-state index >= 15 is 0 Å². The standard InChI is InChI=1S/C12H12Cl2N2O/c1-7(8-5-15-6-8)12(17)16-9-2-3-10(13)11(14)4-9/h2-4,15H,5-6H2,1H3,(H,16,17). The lowest BCUT2D eigenvalue weighted by atomic mass is 10.0. The molecule has 0 unspecified atom stereocenters.